The van der Waals surface area contributed by atoms with Gasteiger partial charge in [-0.25, -0.2) is 4.79 Å². The maximum absolute atomic E-state index is 13.4. The fourth-order valence-corrected chi connectivity index (χ4v) is 5.89. The van der Waals surface area contributed by atoms with Crippen molar-refractivity contribution in [2.75, 3.05) is 28.1 Å². The van der Waals surface area contributed by atoms with Gasteiger partial charge in [-0.3, -0.25) is 4.79 Å². The van der Waals surface area contributed by atoms with Crippen molar-refractivity contribution < 1.29 is 42.7 Å². The van der Waals surface area contributed by atoms with Crippen molar-refractivity contribution in [1.82, 2.24) is 0 Å². The molecular formula is C26H24O9. The molecule has 5 unspecified atom stereocenters. The van der Waals surface area contributed by atoms with E-state index in [-0.39, 0.29) is 12.8 Å². The lowest BCUT2D eigenvalue weighted by Gasteiger charge is -2.42. The summed E-state index contributed by atoms with van der Waals surface area (Å²) in [5.41, 5.74) is 2.69. The van der Waals surface area contributed by atoms with Crippen molar-refractivity contribution in [2.24, 2.45) is 11.8 Å². The molecule has 2 aromatic rings. The normalized spacial score (nSPS) is 28.7. The predicted octanol–water partition coefficient (Wildman–Crippen LogP) is 3.29. The molecule has 3 aliphatic heterocycles. The molecule has 4 aliphatic rings. The first-order valence-electron chi connectivity index (χ1n) is 11.3. The first-order chi connectivity index (χ1) is 17.0. The molecule has 0 N–H and O–H groups in total. The van der Waals surface area contributed by atoms with Crippen LogP contribution in [0.2, 0.25) is 0 Å². The minimum atomic E-state index is -0.688. The third-order valence-corrected chi connectivity index (χ3v) is 7.34. The summed E-state index contributed by atoms with van der Waals surface area (Å²) in [6, 6.07) is 7.39. The zero-order valence-corrected chi connectivity index (χ0v) is 19.7. The quantitative estimate of drug-likeness (QED) is 0.482. The Hall–Kier alpha value is -3.88. The van der Waals surface area contributed by atoms with E-state index in [1.54, 1.807) is 27.2 Å². The van der Waals surface area contributed by atoms with Crippen LogP contribution in [0.1, 0.15) is 35.6 Å². The fraction of sp³-hybridized carbons (Fsp3) is 0.385. The number of benzene rings is 2. The lowest BCUT2D eigenvalue weighted by Crippen LogP contribution is -2.44. The number of fused-ring (bicyclic) bond motifs is 3. The van der Waals surface area contributed by atoms with E-state index in [1.165, 1.54) is 7.11 Å². The molecule has 35 heavy (non-hydrogen) atoms. The maximum atomic E-state index is 13.4. The Kier molecular flexibility index (Phi) is 4.84. The second-order valence-electron chi connectivity index (χ2n) is 8.80. The Morgan fingerprint density at radius 2 is 1.51 bits per heavy atom. The number of rotatable bonds is 4. The molecule has 6 rings (SSSR count). The van der Waals surface area contributed by atoms with E-state index in [0.29, 0.717) is 34.3 Å². The molecule has 2 aromatic carbocycles. The number of hydrogen-bond acceptors (Lipinski definition) is 9. The zero-order chi connectivity index (χ0) is 24.4. The van der Waals surface area contributed by atoms with Gasteiger partial charge < -0.3 is 33.2 Å². The molecule has 1 aliphatic carbocycles. The topological polar surface area (TPSA) is 98.8 Å². The average Bonchev–Trinajstić information content (AvgIpc) is 3.46. The minimum Gasteiger partial charge on any atom is -0.493 e. The van der Waals surface area contributed by atoms with Crippen LogP contribution in [0.4, 0.5) is 0 Å². The predicted molar refractivity (Wildman–Crippen MR) is 120 cm³/mol. The fourth-order valence-electron chi connectivity index (χ4n) is 5.89. The van der Waals surface area contributed by atoms with Crippen molar-refractivity contribution in [3.05, 3.63) is 52.6 Å². The van der Waals surface area contributed by atoms with Gasteiger partial charge in [-0.2, -0.15) is 0 Å². The zero-order valence-electron chi connectivity index (χ0n) is 19.7. The highest BCUT2D eigenvalue weighted by Gasteiger charge is 2.62. The Balaban J connectivity index is 1.61. The first-order valence-corrected chi connectivity index (χ1v) is 11.3. The van der Waals surface area contributed by atoms with E-state index in [2.05, 4.69) is 0 Å². The van der Waals surface area contributed by atoms with Crippen molar-refractivity contribution >= 4 is 11.9 Å². The van der Waals surface area contributed by atoms with Crippen LogP contribution in [0.25, 0.3) is 0 Å². The van der Waals surface area contributed by atoms with Crippen LogP contribution in [0.15, 0.2) is 35.9 Å². The Labute approximate surface area is 201 Å². The van der Waals surface area contributed by atoms with Crippen LogP contribution in [-0.2, 0) is 19.1 Å². The molecule has 182 valence electrons. The molecule has 2 saturated heterocycles. The summed E-state index contributed by atoms with van der Waals surface area (Å²) in [4.78, 5) is 26.2. The van der Waals surface area contributed by atoms with Crippen molar-refractivity contribution in [3.63, 3.8) is 0 Å². The number of allylic oxidation sites excluding steroid dienone is 1. The smallest absolute Gasteiger partial charge is 0.338 e. The first kappa shape index (κ1) is 21.6. The molecule has 0 radical (unpaired) electrons. The van der Waals surface area contributed by atoms with E-state index >= 15 is 0 Å². The highest BCUT2D eigenvalue weighted by molar-refractivity contribution is 5.93. The molecule has 9 nitrogen and oxygen atoms in total. The SMILES string of the molecule is CC=C1C(=O)OC2c3cc4c(cc3C(c3cc(OC)c(OC)c(OC)c3)C3C(=O)OC1C23)OCO4. The standard InChI is InChI=1S/C26H24O9/c1-5-12-22-21-20(26(28)35-22)19(11-6-17(29-2)24(31-4)18(7-11)30-3)13-8-15-16(33-10-32-15)9-14(13)23(21)34-25(12)27/h5-9,19-23H,10H2,1-4H3. The maximum Gasteiger partial charge on any atom is 0.338 e. The van der Waals surface area contributed by atoms with Crippen LogP contribution >= 0.6 is 0 Å². The number of methoxy groups -OCH3 is 3. The van der Waals surface area contributed by atoms with Crippen molar-refractivity contribution in [2.45, 2.75) is 25.0 Å². The molecule has 5 atom stereocenters. The molecule has 3 heterocycles. The van der Waals surface area contributed by atoms with Crippen LogP contribution in [0.3, 0.4) is 0 Å². The average molecular weight is 480 g/mol. The molecule has 2 fully saturated rings. The largest absolute Gasteiger partial charge is 0.493 e. The van der Waals surface area contributed by atoms with Gasteiger partial charge in [0.15, 0.2) is 23.0 Å². The van der Waals surface area contributed by atoms with Gasteiger partial charge in [0.05, 0.1) is 38.7 Å². The van der Waals surface area contributed by atoms with E-state index < -0.39 is 35.9 Å². The van der Waals surface area contributed by atoms with Crippen LogP contribution in [0, 0.1) is 11.8 Å². The van der Waals surface area contributed by atoms with E-state index in [4.69, 9.17) is 33.2 Å². The Bertz CT molecular complexity index is 1250. The summed E-state index contributed by atoms with van der Waals surface area (Å²) >= 11 is 0. The Morgan fingerprint density at radius 3 is 2.11 bits per heavy atom. The van der Waals surface area contributed by atoms with E-state index in [9.17, 15) is 9.59 Å². The molecule has 0 amide bonds. The van der Waals surface area contributed by atoms with Crippen molar-refractivity contribution in [3.8, 4) is 28.7 Å². The lowest BCUT2D eigenvalue weighted by atomic mass is 9.63. The number of carbonyl (C=O) groups excluding carboxylic acids is 2. The number of carbonyl (C=O) groups is 2. The van der Waals surface area contributed by atoms with Crippen LogP contribution in [0.5, 0.6) is 28.7 Å². The van der Waals surface area contributed by atoms with Gasteiger partial charge in [-0.1, -0.05) is 6.08 Å². The Morgan fingerprint density at radius 1 is 0.857 bits per heavy atom. The van der Waals surface area contributed by atoms with Crippen LogP contribution in [-0.4, -0.2) is 46.2 Å². The summed E-state index contributed by atoms with van der Waals surface area (Å²) < 4.78 is 39.7. The van der Waals surface area contributed by atoms with Gasteiger partial charge in [-0.05, 0) is 42.3 Å². The monoisotopic (exact) mass is 480 g/mol. The lowest BCUT2D eigenvalue weighted by molar-refractivity contribution is -0.158. The number of ether oxygens (including phenoxy) is 7. The molecule has 0 bridgehead atoms. The third kappa shape index (κ3) is 2.93. The van der Waals surface area contributed by atoms with Crippen molar-refractivity contribution in [1.29, 1.82) is 0 Å². The summed E-state index contributed by atoms with van der Waals surface area (Å²) in [5, 5.41) is 0. The third-order valence-electron chi connectivity index (χ3n) is 7.34. The van der Waals surface area contributed by atoms with Gasteiger partial charge in [0.2, 0.25) is 12.5 Å². The van der Waals surface area contributed by atoms with Gasteiger partial charge in [0.25, 0.3) is 0 Å². The number of esters is 2. The molecule has 0 saturated carbocycles. The highest BCUT2D eigenvalue weighted by Crippen LogP contribution is 2.60. The highest BCUT2D eigenvalue weighted by atomic mass is 16.7. The minimum absolute atomic E-state index is 0.0950. The van der Waals surface area contributed by atoms with Crippen LogP contribution < -0.4 is 23.7 Å². The molecule has 0 aromatic heterocycles. The second-order valence-corrected chi connectivity index (χ2v) is 8.80. The van der Waals surface area contributed by atoms with Gasteiger partial charge in [0, 0.05) is 11.5 Å². The summed E-state index contributed by atoms with van der Waals surface area (Å²) in [5.74, 6) is 0.213. The summed E-state index contributed by atoms with van der Waals surface area (Å²) in [7, 11) is 4.63. The molecule has 0 spiro atoms. The molecule has 9 heteroatoms. The number of hydrogen-bond donors (Lipinski definition) is 0. The summed E-state index contributed by atoms with van der Waals surface area (Å²) in [6.45, 7) is 1.83. The van der Waals surface area contributed by atoms with E-state index in [1.807, 2.05) is 24.3 Å². The van der Waals surface area contributed by atoms with E-state index in [0.717, 1.165) is 16.7 Å². The summed E-state index contributed by atoms with van der Waals surface area (Å²) in [6.07, 6.45) is 0.310. The second kappa shape index (κ2) is 7.83. The molecular weight excluding hydrogens is 456 g/mol. The van der Waals surface area contributed by atoms with Gasteiger partial charge in [-0.15, -0.1) is 0 Å². The van der Waals surface area contributed by atoms with Gasteiger partial charge in [0.1, 0.15) is 12.2 Å². The van der Waals surface area contributed by atoms with Gasteiger partial charge >= 0.3 is 11.9 Å².